The van der Waals surface area contributed by atoms with Crippen LogP contribution in [0.2, 0.25) is 0 Å². The Morgan fingerprint density at radius 2 is 2.36 bits per heavy atom. The Kier molecular flexibility index (Phi) is 2.48. The standard InChI is InChI=1S/C10H8O2S2/c1-13-9-4-8(12)7(5-11)6-2-3-14-10(6)9/h2-5,12H,1H3. The number of aldehydes is 1. The van der Waals surface area contributed by atoms with Crippen molar-refractivity contribution in [2.75, 3.05) is 6.26 Å². The zero-order valence-electron chi connectivity index (χ0n) is 7.48. The maximum atomic E-state index is 10.8. The zero-order chi connectivity index (χ0) is 10.1. The Morgan fingerprint density at radius 1 is 1.57 bits per heavy atom. The molecule has 2 aromatic rings. The number of benzene rings is 1. The van der Waals surface area contributed by atoms with Gasteiger partial charge in [0.1, 0.15) is 5.75 Å². The van der Waals surface area contributed by atoms with E-state index in [2.05, 4.69) is 0 Å². The molecule has 0 unspecified atom stereocenters. The molecule has 1 heterocycles. The Morgan fingerprint density at radius 3 is 3.00 bits per heavy atom. The van der Waals surface area contributed by atoms with Crippen molar-refractivity contribution in [1.29, 1.82) is 0 Å². The number of hydrogen-bond acceptors (Lipinski definition) is 4. The number of carbonyl (C=O) groups excluding carboxylic acids is 1. The third-order valence-electron chi connectivity index (χ3n) is 2.06. The van der Waals surface area contributed by atoms with Crippen molar-refractivity contribution in [3.63, 3.8) is 0 Å². The van der Waals surface area contributed by atoms with Crippen molar-refractivity contribution in [2.45, 2.75) is 4.90 Å². The van der Waals surface area contributed by atoms with Gasteiger partial charge in [0.05, 0.1) is 5.56 Å². The van der Waals surface area contributed by atoms with Crippen LogP contribution in [0.3, 0.4) is 0 Å². The van der Waals surface area contributed by atoms with E-state index in [9.17, 15) is 9.90 Å². The van der Waals surface area contributed by atoms with Gasteiger partial charge in [-0.25, -0.2) is 0 Å². The predicted octanol–water partition coefficient (Wildman–Crippen LogP) is 3.14. The SMILES string of the molecule is CSc1cc(O)c(C=O)c2ccsc12. The van der Waals surface area contributed by atoms with Gasteiger partial charge in [0.15, 0.2) is 6.29 Å². The fourth-order valence-corrected chi connectivity index (χ4v) is 3.13. The fraction of sp³-hybridized carbons (Fsp3) is 0.100. The number of thioether (sulfide) groups is 1. The number of fused-ring (bicyclic) bond motifs is 1. The molecular weight excluding hydrogens is 216 g/mol. The van der Waals surface area contributed by atoms with Crippen LogP contribution in [0.4, 0.5) is 0 Å². The zero-order valence-corrected chi connectivity index (χ0v) is 9.11. The molecule has 4 heteroatoms. The summed E-state index contributed by atoms with van der Waals surface area (Å²) in [6.07, 6.45) is 2.66. The molecular formula is C10H8O2S2. The number of hydrogen-bond donors (Lipinski definition) is 1. The van der Waals surface area contributed by atoms with Crippen LogP contribution in [-0.2, 0) is 0 Å². The highest BCUT2D eigenvalue weighted by atomic mass is 32.2. The first kappa shape index (κ1) is 9.55. The first-order chi connectivity index (χ1) is 6.77. The van der Waals surface area contributed by atoms with Gasteiger partial charge in [-0.15, -0.1) is 23.1 Å². The minimum Gasteiger partial charge on any atom is -0.507 e. The highest BCUT2D eigenvalue weighted by Crippen LogP contribution is 2.37. The maximum absolute atomic E-state index is 10.8. The number of aromatic hydroxyl groups is 1. The monoisotopic (exact) mass is 224 g/mol. The van der Waals surface area contributed by atoms with E-state index in [-0.39, 0.29) is 5.75 Å². The molecule has 0 bridgehead atoms. The van der Waals surface area contributed by atoms with Gasteiger partial charge in [-0.05, 0) is 23.8 Å². The van der Waals surface area contributed by atoms with Crippen molar-refractivity contribution in [2.24, 2.45) is 0 Å². The lowest BCUT2D eigenvalue weighted by Gasteiger charge is -2.03. The summed E-state index contributed by atoms with van der Waals surface area (Å²) in [5, 5.41) is 12.4. The van der Waals surface area contributed by atoms with E-state index in [1.807, 2.05) is 17.7 Å². The summed E-state index contributed by atoms with van der Waals surface area (Å²) in [6, 6.07) is 3.51. The van der Waals surface area contributed by atoms with E-state index in [1.54, 1.807) is 29.2 Å². The third kappa shape index (κ3) is 1.31. The predicted molar refractivity (Wildman–Crippen MR) is 60.7 cm³/mol. The molecule has 0 amide bonds. The normalized spacial score (nSPS) is 10.6. The molecule has 0 saturated carbocycles. The summed E-state index contributed by atoms with van der Waals surface area (Å²) in [5.41, 5.74) is 0.388. The second-order valence-electron chi connectivity index (χ2n) is 2.79. The summed E-state index contributed by atoms with van der Waals surface area (Å²) < 4.78 is 1.07. The molecule has 0 saturated heterocycles. The smallest absolute Gasteiger partial charge is 0.154 e. The minimum absolute atomic E-state index is 0.0650. The van der Waals surface area contributed by atoms with E-state index >= 15 is 0 Å². The molecule has 72 valence electrons. The van der Waals surface area contributed by atoms with E-state index in [4.69, 9.17) is 0 Å². The highest BCUT2D eigenvalue weighted by Gasteiger charge is 2.11. The van der Waals surface area contributed by atoms with Gasteiger partial charge in [0.2, 0.25) is 0 Å². The number of phenols is 1. The average Bonchev–Trinajstić information content (AvgIpc) is 2.65. The Bertz CT molecular complexity index is 488. The second-order valence-corrected chi connectivity index (χ2v) is 4.56. The van der Waals surface area contributed by atoms with Crippen LogP contribution in [-0.4, -0.2) is 17.6 Å². The van der Waals surface area contributed by atoms with Crippen LogP contribution in [0.25, 0.3) is 10.1 Å². The quantitative estimate of drug-likeness (QED) is 0.629. The summed E-state index contributed by atoms with van der Waals surface area (Å²) in [5.74, 6) is 0.0650. The first-order valence-electron chi connectivity index (χ1n) is 4.00. The Labute approximate surface area is 89.6 Å². The van der Waals surface area contributed by atoms with E-state index < -0.39 is 0 Å². The summed E-state index contributed by atoms with van der Waals surface area (Å²) in [7, 11) is 0. The number of thiophene rings is 1. The number of rotatable bonds is 2. The van der Waals surface area contributed by atoms with Gasteiger partial charge < -0.3 is 5.11 Å². The number of phenolic OH excluding ortho intramolecular Hbond substituents is 1. The topological polar surface area (TPSA) is 37.3 Å². The summed E-state index contributed by atoms with van der Waals surface area (Å²) in [6.45, 7) is 0. The maximum Gasteiger partial charge on any atom is 0.154 e. The van der Waals surface area contributed by atoms with E-state index in [0.29, 0.717) is 11.8 Å². The molecule has 0 aliphatic rings. The molecule has 14 heavy (non-hydrogen) atoms. The second kappa shape index (κ2) is 3.63. The molecule has 0 atom stereocenters. The average molecular weight is 224 g/mol. The summed E-state index contributed by atoms with van der Waals surface area (Å²) >= 11 is 3.16. The molecule has 1 aromatic carbocycles. The lowest BCUT2D eigenvalue weighted by atomic mass is 10.1. The van der Waals surface area contributed by atoms with E-state index in [1.165, 1.54) is 0 Å². The van der Waals surface area contributed by atoms with Crippen LogP contribution in [0.1, 0.15) is 10.4 Å². The molecule has 0 radical (unpaired) electrons. The van der Waals surface area contributed by atoms with Gasteiger partial charge in [0, 0.05) is 15.0 Å². The van der Waals surface area contributed by atoms with Crippen molar-refractivity contribution in [1.82, 2.24) is 0 Å². The van der Waals surface area contributed by atoms with E-state index in [0.717, 1.165) is 15.0 Å². The van der Waals surface area contributed by atoms with Crippen LogP contribution in [0.5, 0.6) is 5.75 Å². The lowest BCUT2D eigenvalue weighted by molar-refractivity contribution is 0.112. The minimum atomic E-state index is 0.0650. The van der Waals surface area contributed by atoms with Gasteiger partial charge in [-0.3, -0.25) is 4.79 Å². The summed E-state index contributed by atoms with van der Waals surface area (Å²) in [4.78, 5) is 11.8. The fourth-order valence-electron chi connectivity index (χ4n) is 1.39. The largest absolute Gasteiger partial charge is 0.507 e. The molecule has 0 spiro atoms. The van der Waals surface area contributed by atoms with Crippen LogP contribution in [0.15, 0.2) is 22.4 Å². The molecule has 1 aromatic heterocycles. The molecule has 0 aliphatic carbocycles. The molecule has 0 fully saturated rings. The Hall–Kier alpha value is -1.000. The molecule has 2 nitrogen and oxygen atoms in total. The van der Waals surface area contributed by atoms with Crippen molar-refractivity contribution in [3.05, 3.63) is 23.1 Å². The van der Waals surface area contributed by atoms with Gasteiger partial charge in [-0.1, -0.05) is 0 Å². The number of carbonyl (C=O) groups is 1. The van der Waals surface area contributed by atoms with Crippen LogP contribution < -0.4 is 0 Å². The van der Waals surface area contributed by atoms with Crippen LogP contribution in [0, 0.1) is 0 Å². The van der Waals surface area contributed by atoms with Gasteiger partial charge in [0.25, 0.3) is 0 Å². The van der Waals surface area contributed by atoms with Crippen molar-refractivity contribution < 1.29 is 9.90 Å². The lowest BCUT2D eigenvalue weighted by Crippen LogP contribution is -1.83. The van der Waals surface area contributed by atoms with Crippen LogP contribution >= 0.6 is 23.1 Å². The van der Waals surface area contributed by atoms with Crippen molar-refractivity contribution >= 4 is 39.5 Å². The van der Waals surface area contributed by atoms with Gasteiger partial charge in [-0.2, -0.15) is 0 Å². The highest BCUT2D eigenvalue weighted by molar-refractivity contribution is 7.99. The van der Waals surface area contributed by atoms with Gasteiger partial charge >= 0.3 is 0 Å². The van der Waals surface area contributed by atoms with Crippen molar-refractivity contribution in [3.8, 4) is 5.75 Å². The third-order valence-corrected chi connectivity index (χ3v) is 3.90. The molecule has 1 N–H and O–H groups in total. The Balaban J connectivity index is 2.88. The molecule has 0 aliphatic heterocycles. The first-order valence-corrected chi connectivity index (χ1v) is 6.10. The molecule has 2 rings (SSSR count).